The molecule has 0 saturated heterocycles. The highest BCUT2D eigenvalue weighted by molar-refractivity contribution is 5.92. The Morgan fingerprint density at radius 1 is 1.19 bits per heavy atom. The maximum absolute atomic E-state index is 12.3. The van der Waals surface area contributed by atoms with Crippen LogP contribution >= 0.6 is 0 Å². The van der Waals surface area contributed by atoms with Gasteiger partial charge in [0.05, 0.1) is 12.7 Å². The molecule has 0 saturated carbocycles. The summed E-state index contributed by atoms with van der Waals surface area (Å²) in [6, 6.07) is 11.8. The Balaban J connectivity index is 2.08. The number of carbonyl (C=O) groups is 1. The third-order valence-corrected chi connectivity index (χ3v) is 3.48. The summed E-state index contributed by atoms with van der Waals surface area (Å²) in [4.78, 5) is 12.3. The normalized spacial score (nSPS) is 20.6. The van der Waals surface area contributed by atoms with Crippen LogP contribution in [0.2, 0.25) is 0 Å². The van der Waals surface area contributed by atoms with Crippen LogP contribution in [0.15, 0.2) is 42.5 Å². The average Bonchev–Trinajstić information content (AvgIpc) is 2.51. The molecule has 0 aromatic heterocycles. The van der Waals surface area contributed by atoms with Gasteiger partial charge in [0.25, 0.3) is 0 Å². The fourth-order valence-corrected chi connectivity index (χ4v) is 2.41. The standard InChI is InChI=1S/C16H14O5/c1-20-10-7-11(17)13-12(8-10)21-16(15(19)14(13)18)9-5-3-2-4-6-9/h2-8,14,16-18H,1H3/t14-,16-/m1/s1. The fourth-order valence-electron chi connectivity index (χ4n) is 2.41. The van der Waals surface area contributed by atoms with Crippen LogP contribution in [0.5, 0.6) is 17.2 Å². The van der Waals surface area contributed by atoms with Crippen LogP contribution in [0, 0.1) is 0 Å². The minimum absolute atomic E-state index is 0.0768. The Labute approximate surface area is 121 Å². The molecule has 2 N–H and O–H groups in total. The summed E-state index contributed by atoms with van der Waals surface area (Å²) in [5, 5.41) is 20.1. The number of aliphatic hydroxyl groups is 1. The van der Waals surface area contributed by atoms with Gasteiger partial charge in [-0.1, -0.05) is 30.3 Å². The second-order valence-electron chi connectivity index (χ2n) is 4.77. The summed E-state index contributed by atoms with van der Waals surface area (Å²) in [6.07, 6.45) is -2.33. The Kier molecular flexibility index (Phi) is 3.27. The van der Waals surface area contributed by atoms with Crippen molar-refractivity contribution in [2.75, 3.05) is 7.11 Å². The smallest absolute Gasteiger partial charge is 0.211 e. The number of ether oxygens (including phenoxy) is 2. The first-order valence-corrected chi connectivity index (χ1v) is 6.46. The Hall–Kier alpha value is -2.53. The monoisotopic (exact) mass is 286 g/mol. The van der Waals surface area contributed by atoms with Crippen LogP contribution < -0.4 is 9.47 Å². The molecular weight excluding hydrogens is 272 g/mol. The van der Waals surface area contributed by atoms with Gasteiger partial charge in [-0.2, -0.15) is 0 Å². The van der Waals surface area contributed by atoms with Gasteiger partial charge < -0.3 is 19.7 Å². The van der Waals surface area contributed by atoms with Crippen molar-refractivity contribution >= 4 is 5.78 Å². The number of ketones is 1. The molecule has 2 aromatic rings. The van der Waals surface area contributed by atoms with Crippen LogP contribution in [0.1, 0.15) is 23.3 Å². The molecule has 108 valence electrons. The molecule has 1 aliphatic heterocycles. The fraction of sp³-hybridized carbons (Fsp3) is 0.188. The highest BCUT2D eigenvalue weighted by Gasteiger charge is 2.38. The van der Waals surface area contributed by atoms with Crippen molar-refractivity contribution in [3.05, 3.63) is 53.6 Å². The number of Topliss-reactive ketones (excluding diaryl/α,β-unsaturated/α-hetero) is 1. The van der Waals surface area contributed by atoms with Crippen molar-refractivity contribution in [3.63, 3.8) is 0 Å². The zero-order valence-electron chi connectivity index (χ0n) is 11.3. The van der Waals surface area contributed by atoms with Gasteiger partial charge in [-0.25, -0.2) is 0 Å². The van der Waals surface area contributed by atoms with E-state index in [0.717, 1.165) is 0 Å². The van der Waals surface area contributed by atoms with Crippen LogP contribution in [0.4, 0.5) is 0 Å². The second-order valence-corrected chi connectivity index (χ2v) is 4.77. The lowest BCUT2D eigenvalue weighted by Crippen LogP contribution is -2.30. The molecule has 2 aromatic carbocycles. The maximum atomic E-state index is 12.3. The van der Waals surface area contributed by atoms with Crippen molar-refractivity contribution in [1.29, 1.82) is 0 Å². The number of benzene rings is 2. The van der Waals surface area contributed by atoms with Crippen LogP contribution in [-0.2, 0) is 4.79 Å². The molecule has 0 radical (unpaired) electrons. The molecule has 2 atom stereocenters. The van der Waals surface area contributed by atoms with E-state index in [4.69, 9.17) is 9.47 Å². The van der Waals surface area contributed by atoms with Crippen molar-refractivity contribution in [3.8, 4) is 17.2 Å². The molecule has 0 amide bonds. The van der Waals surface area contributed by atoms with Crippen molar-refractivity contribution < 1.29 is 24.5 Å². The molecule has 21 heavy (non-hydrogen) atoms. The van der Waals surface area contributed by atoms with Crippen molar-refractivity contribution in [2.45, 2.75) is 12.2 Å². The van der Waals surface area contributed by atoms with Crippen LogP contribution in [0.3, 0.4) is 0 Å². The summed E-state index contributed by atoms with van der Waals surface area (Å²) >= 11 is 0. The third kappa shape index (κ3) is 2.21. The van der Waals surface area contributed by atoms with Gasteiger partial charge in [0.1, 0.15) is 23.4 Å². The van der Waals surface area contributed by atoms with E-state index in [0.29, 0.717) is 11.3 Å². The predicted octanol–water partition coefficient (Wildman–Crippen LogP) is 2.14. The van der Waals surface area contributed by atoms with E-state index < -0.39 is 18.0 Å². The minimum Gasteiger partial charge on any atom is -0.507 e. The summed E-state index contributed by atoms with van der Waals surface area (Å²) in [5.41, 5.74) is 0.725. The molecule has 0 spiro atoms. The summed E-state index contributed by atoms with van der Waals surface area (Å²) in [5.74, 6) is -0.0988. The van der Waals surface area contributed by atoms with Gasteiger partial charge in [0.15, 0.2) is 6.10 Å². The Morgan fingerprint density at radius 3 is 2.57 bits per heavy atom. The lowest BCUT2D eigenvalue weighted by atomic mass is 9.93. The molecule has 1 heterocycles. The number of phenolic OH excluding ortho intramolecular Hbond substituents is 1. The molecule has 1 aliphatic rings. The molecule has 0 aliphatic carbocycles. The van der Waals surface area contributed by atoms with Gasteiger partial charge in [0.2, 0.25) is 5.78 Å². The number of phenols is 1. The van der Waals surface area contributed by atoms with E-state index in [1.165, 1.54) is 13.2 Å². The highest BCUT2D eigenvalue weighted by Crippen LogP contribution is 2.45. The SMILES string of the molecule is COc1cc(O)c2c(c1)O[C@H](c1ccccc1)C(=O)[C@@H]2O. The van der Waals surface area contributed by atoms with Gasteiger partial charge >= 0.3 is 0 Å². The molecule has 5 nitrogen and oxygen atoms in total. The van der Waals surface area contributed by atoms with E-state index in [9.17, 15) is 15.0 Å². The quantitative estimate of drug-likeness (QED) is 0.884. The van der Waals surface area contributed by atoms with Gasteiger partial charge in [-0.15, -0.1) is 0 Å². The number of carbonyl (C=O) groups excluding carboxylic acids is 1. The van der Waals surface area contributed by atoms with E-state index in [1.807, 2.05) is 6.07 Å². The number of methoxy groups -OCH3 is 1. The number of hydrogen-bond donors (Lipinski definition) is 2. The topological polar surface area (TPSA) is 76.0 Å². The first-order chi connectivity index (χ1) is 10.1. The third-order valence-electron chi connectivity index (χ3n) is 3.48. The molecular formula is C16H14O5. The van der Waals surface area contributed by atoms with Crippen molar-refractivity contribution in [2.24, 2.45) is 0 Å². The van der Waals surface area contributed by atoms with Gasteiger partial charge in [-0.3, -0.25) is 4.79 Å². The molecule has 5 heteroatoms. The molecule has 0 unspecified atom stereocenters. The van der Waals surface area contributed by atoms with Crippen molar-refractivity contribution in [1.82, 2.24) is 0 Å². The average molecular weight is 286 g/mol. The summed E-state index contributed by atoms with van der Waals surface area (Å²) in [7, 11) is 1.46. The van der Waals surface area contributed by atoms with E-state index in [2.05, 4.69) is 0 Å². The molecule has 0 bridgehead atoms. The number of fused-ring (bicyclic) bond motifs is 1. The number of hydrogen-bond acceptors (Lipinski definition) is 5. The summed E-state index contributed by atoms with van der Waals surface area (Å²) in [6.45, 7) is 0. The number of rotatable bonds is 2. The van der Waals surface area contributed by atoms with Crippen LogP contribution in [0.25, 0.3) is 0 Å². The number of aromatic hydroxyl groups is 1. The Bertz CT molecular complexity index is 681. The zero-order valence-corrected chi connectivity index (χ0v) is 11.3. The number of aliphatic hydroxyl groups excluding tert-OH is 1. The second kappa shape index (κ2) is 5.10. The van der Waals surface area contributed by atoms with Gasteiger partial charge in [0, 0.05) is 12.1 Å². The molecule has 0 fully saturated rings. The Morgan fingerprint density at radius 2 is 1.90 bits per heavy atom. The van der Waals surface area contributed by atoms with E-state index >= 15 is 0 Å². The largest absolute Gasteiger partial charge is 0.507 e. The minimum atomic E-state index is -1.43. The first kappa shape index (κ1) is 13.5. The maximum Gasteiger partial charge on any atom is 0.211 e. The lowest BCUT2D eigenvalue weighted by Gasteiger charge is -2.29. The predicted molar refractivity (Wildman–Crippen MR) is 74.4 cm³/mol. The zero-order chi connectivity index (χ0) is 15.0. The first-order valence-electron chi connectivity index (χ1n) is 6.46. The summed E-state index contributed by atoms with van der Waals surface area (Å²) < 4.78 is 10.7. The highest BCUT2D eigenvalue weighted by atomic mass is 16.5. The lowest BCUT2D eigenvalue weighted by molar-refractivity contribution is -0.137. The van der Waals surface area contributed by atoms with Crippen LogP contribution in [-0.4, -0.2) is 23.1 Å². The van der Waals surface area contributed by atoms with Gasteiger partial charge in [-0.05, 0) is 5.56 Å². The van der Waals surface area contributed by atoms with E-state index in [1.54, 1.807) is 30.3 Å². The molecule has 3 rings (SSSR count). The van der Waals surface area contributed by atoms with E-state index in [-0.39, 0.29) is 17.1 Å².